The molecule has 2 atom stereocenters. The minimum absolute atomic E-state index is 0.110. The van der Waals surface area contributed by atoms with E-state index in [2.05, 4.69) is 31.2 Å². The first-order valence-corrected chi connectivity index (χ1v) is 7.64. The van der Waals surface area contributed by atoms with Crippen LogP contribution in [0, 0.1) is 5.92 Å². The zero-order valence-corrected chi connectivity index (χ0v) is 12.5. The molecule has 1 aliphatic heterocycles. The van der Waals surface area contributed by atoms with E-state index in [1.807, 2.05) is 23.1 Å². The van der Waals surface area contributed by atoms with E-state index in [4.69, 9.17) is 5.73 Å². The molecule has 2 aromatic rings. The molecule has 0 radical (unpaired) electrons. The zero-order valence-electron chi connectivity index (χ0n) is 12.5. The number of benzene rings is 2. The molecule has 1 amide bonds. The van der Waals surface area contributed by atoms with E-state index >= 15 is 0 Å². The molecule has 3 heteroatoms. The smallest absolute Gasteiger partial charge is 0.227 e. The third-order valence-electron chi connectivity index (χ3n) is 4.54. The summed E-state index contributed by atoms with van der Waals surface area (Å²) in [6.45, 7) is 3.69. The van der Waals surface area contributed by atoms with Crippen molar-refractivity contribution < 1.29 is 4.79 Å². The van der Waals surface area contributed by atoms with Gasteiger partial charge in [0.2, 0.25) is 5.91 Å². The van der Waals surface area contributed by atoms with Crippen LogP contribution in [0.25, 0.3) is 10.8 Å². The van der Waals surface area contributed by atoms with Crippen molar-refractivity contribution in [2.24, 2.45) is 11.7 Å². The van der Waals surface area contributed by atoms with Crippen LogP contribution in [0.3, 0.4) is 0 Å². The van der Waals surface area contributed by atoms with Crippen molar-refractivity contribution in [1.29, 1.82) is 0 Å². The fourth-order valence-corrected chi connectivity index (χ4v) is 2.96. The summed E-state index contributed by atoms with van der Waals surface area (Å²) in [6, 6.07) is 14.6. The monoisotopic (exact) mass is 282 g/mol. The van der Waals surface area contributed by atoms with E-state index in [-0.39, 0.29) is 11.9 Å². The highest BCUT2D eigenvalue weighted by molar-refractivity contribution is 5.85. The molecule has 1 fully saturated rings. The molecule has 0 aromatic heterocycles. The van der Waals surface area contributed by atoms with Crippen molar-refractivity contribution in [3.05, 3.63) is 48.0 Å². The summed E-state index contributed by atoms with van der Waals surface area (Å²) in [6.07, 6.45) is 1.47. The molecule has 21 heavy (non-hydrogen) atoms. The van der Waals surface area contributed by atoms with E-state index in [1.165, 1.54) is 10.8 Å². The summed E-state index contributed by atoms with van der Waals surface area (Å²) >= 11 is 0. The van der Waals surface area contributed by atoms with Crippen molar-refractivity contribution in [3.63, 3.8) is 0 Å². The lowest BCUT2D eigenvalue weighted by Gasteiger charge is -2.35. The molecular formula is C18H22N2O. The Morgan fingerprint density at radius 1 is 1.24 bits per heavy atom. The Kier molecular flexibility index (Phi) is 3.93. The van der Waals surface area contributed by atoms with Gasteiger partial charge in [-0.3, -0.25) is 4.79 Å². The molecule has 2 unspecified atom stereocenters. The van der Waals surface area contributed by atoms with Crippen molar-refractivity contribution in [3.8, 4) is 0 Å². The van der Waals surface area contributed by atoms with Crippen LogP contribution in [0.2, 0.25) is 0 Å². The van der Waals surface area contributed by atoms with E-state index in [0.29, 0.717) is 18.9 Å². The van der Waals surface area contributed by atoms with Gasteiger partial charge in [0.1, 0.15) is 0 Å². The van der Waals surface area contributed by atoms with E-state index < -0.39 is 0 Å². The summed E-state index contributed by atoms with van der Waals surface area (Å²) in [5.74, 6) is 0.697. The Morgan fingerprint density at radius 2 is 2.00 bits per heavy atom. The van der Waals surface area contributed by atoms with Gasteiger partial charge in [-0.25, -0.2) is 0 Å². The fourth-order valence-electron chi connectivity index (χ4n) is 2.96. The third kappa shape index (κ3) is 3.08. The quantitative estimate of drug-likeness (QED) is 0.920. The number of rotatable bonds is 2. The molecule has 0 spiro atoms. The standard InChI is InChI=1S/C18H22N2O/c1-13-8-9-20(12-17(13)19)18(21)11-14-6-7-15-4-2-3-5-16(15)10-14/h2-7,10,13,17H,8-9,11-12,19H2,1H3. The normalized spacial score (nSPS) is 22.5. The SMILES string of the molecule is CC1CCN(C(=O)Cc2ccc3ccccc3c2)CC1N. The lowest BCUT2D eigenvalue weighted by Crippen LogP contribution is -2.50. The second kappa shape index (κ2) is 5.86. The zero-order chi connectivity index (χ0) is 14.8. The Labute approximate surface area is 125 Å². The lowest BCUT2D eigenvalue weighted by atomic mass is 9.94. The van der Waals surface area contributed by atoms with Crippen LogP contribution in [0.15, 0.2) is 42.5 Å². The van der Waals surface area contributed by atoms with Gasteiger partial charge in [0.25, 0.3) is 0 Å². The number of nitrogens with two attached hydrogens (primary N) is 1. The number of amides is 1. The number of carbonyl (C=O) groups is 1. The van der Waals surface area contributed by atoms with Crippen LogP contribution in [0.5, 0.6) is 0 Å². The molecule has 0 aliphatic carbocycles. The topological polar surface area (TPSA) is 46.3 Å². The first kappa shape index (κ1) is 14.1. The first-order chi connectivity index (χ1) is 10.1. The summed E-state index contributed by atoms with van der Waals surface area (Å²) in [7, 11) is 0. The number of piperidine rings is 1. The van der Waals surface area contributed by atoms with Crippen LogP contribution in [-0.2, 0) is 11.2 Å². The number of carbonyl (C=O) groups excluding carboxylic acids is 1. The minimum Gasteiger partial charge on any atom is -0.341 e. The summed E-state index contributed by atoms with van der Waals surface area (Å²) < 4.78 is 0. The molecular weight excluding hydrogens is 260 g/mol. The maximum Gasteiger partial charge on any atom is 0.227 e. The average molecular weight is 282 g/mol. The van der Waals surface area contributed by atoms with Crippen LogP contribution in [0.1, 0.15) is 18.9 Å². The molecule has 1 saturated heterocycles. The van der Waals surface area contributed by atoms with E-state index in [0.717, 1.165) is 18.5 Å². The van der Waals surface area contributed by atoms with Gasteiger partial charge in [-0.2, -0.15) is 0 Å². The molecule has 2 N–H and O–H groups in total. The third-order valence-corrected chi connectivity index (χ3v) is 4.54. The van der Waals surface area contributed by atoms with Gasteiger partial charge >= 0.3 is 0 Å². The molecule has 3 rings (SSSR count). The summed E-state index contributed by atoms with van der Waals surface area (Å²) in [4.78, 5) is 14.3. The van der Waals surface area contributed by atoms with Gasteiger partial charge in [0.05, 0.1) is 6.42 Å². The van der Waals surface area contributed by atoms with Crippen LogP contribution < -0.4 is 5.73 Å². The van der Waals surface area contributed by atoms with E-state index in [9.17, 15) is 4.79 Å². The molecule has 3 nitrogen and oxygen atoms in total. The summed E-state index contributed by atoms with van der Waals surface area (Å²) in [5, 5.41) is 2.40. The number of likely N-dealkylation sites (tertiary alicyclic amines) is 1. The Bertz CT molecular complexity index is 652. The Balaban J connectivity index is 1.71. The van der Waals surface area contributed by atoms with Gasteiger partial charge in [0.15, 0.2) is 0 Å². The predicted molar refractivity (Wildman–Crippen MR) is 86.0 cm³/mol. The maximum atomic E-state index is 12.4. The average Bonchev–Trinajstić information content (AvgIpc) is 2.50. The highest BCUT2D eigenvalue weighted by atomic mass is 16.2. The number of nitrogens with zero attached hydrogens (tertiary/aromatic N) is 1. The molecule has 0 bridgehead atoms. The largest absolute Gasteiger partial charge is 0.341 e. The number of fused-ring (bicyclic) bond motifs is 1. The molecule has 1 heterocycles. The van der Waals surface area contributed by atoms with Crippen LogP contribution >= 0.6 is 0 Å². The number of hydrogen-bond donors (Lipinski definition) is 1. The van der Waals surface area contributed by atoms with Gasteiger partial charge in [0, 0.05) is 19.1 Å². The van der Waals surface area contributed by atoms with E-state index in [1.54, 1.807) is 0 Å². The molecule has 110 valence electrons. The highest BCUT2D eigenvalue weighted by Gasteiger charge is 2.26. The molecule has 0 saturated carbocycles. The molecule has 1 aliphatic rings. The Morgan fingerprint density at radius 3 is 2.76 bits per heavy atom. The lowest BCUT2D eigenvalue weighted by molar-refractivity contribution is -0.132. The minimum atomic E-state index is 0.110. The fraction of sp³-hybridized carbons (Fsp3) is 0.389. The van der Waals surface area contributed by atoms with Gasteiger partial charge in [-0.15, -0.1) is 0 Å². The Hall–Kier alpha value is -1.87. The van der Waals surface area contributed by atoms with Crippen LogP contribution in [0.4, 0.5) is 0 Å². The maximum absolute atomic E-state index is 12.4. The van der Waals surface area contributed by atoms with Crippen molar-refractivity contribution in [2.75, 3.05) is 13.1 Å². The van der Waals surface area contributed by atoms with Gasteiger partial charge in [-0.1, -0.05) is 49.4 Å². The van der Waals surface area contributed by atoms with Crippen molar-refractivity contribution >= 4 is 16.7 Å². The summed E-state index contributed by atoms with van der Waals surface area (Å²) in [5.41, 5.74) is 7.16. The second-order valence-electron chi connectivity index (χ2n) is 6.13. The number of hydrogen-bond acceptors (Lipinski definition) is 2. The van der Waals surface area contributed by atoms with Crippen LogP contribution in [-0.4, -0.2) is 29.9 Å². The molecule has 2 aromatic carbocycles. The van der Waals surface area contributed by atoms with Crippen molar-refractivity contribution in [1.82, 2.24) is 4.90 Å². The van der Waals surface area contributed by atoms with Gasteiger partial charge < -0.3 is 10.6 Å². The first-order valence-electron chi connectivity index (χ1n) is 7.64. The predicted octanol–water partition coefficient (Wildman–Crippen LogP) is 2.58. The van der Waals surface area contributed by atoms with Crippen molar-refractivity contribution in [2.45, 2.75) is 25.8 Å². The second-order valence-corrected chi connectivity index (χ2v) is 6.13. The van der Waals surface area contributed by atoms with Gasteiger partial charge in [-0.05, 0) is 28.7 Å². The highest BCUT2D eigenvalue weighted by Crippen LogP contribution is 2.19.